The maximum Gasteiger partial charge on any atom is 0.264 e. The Kier molecular flexibility index (Phi) is 10.7. The predicted molar refractivity (Wildman–Crippen MR) is 199 cm³/mol. The van der Waals surface area contributed by atoms with Gasteiger partial charge in [-0.2, -0.15) is 0 Å². The normalized spacial score (nSPS) is 30.8. The first-order chi connectivity index (χ1) is 23.2. The minimum atomic E-state index is -3.87. The first-order valence-corrected chi connectivity index (χ1v) is 20.3. The number of carbonyl (C=O) groups is 1. The topological polar surface area (TPSA) is 82.2 Å². The van der Waals surface area contributed by atoms with E-state index in [0.29, 0.717) is 29.8 Å². The highest BCUT2D eigenvalue weighted by Crippen LogP contribution is 2.53. The van der Waals surface area contributed by atoms with Crippen LogP contribution in [-0.4, -0.2) is 81.7 Å². The van der Waals surface area contributed by atoms with Crippen LogP contribution in [0.15, 0.2) is 36.4 Å². The van der Waals surface area contributed by atoms with E-state index in [2.05, 4.69) is 53.4 Å². The summed E-state index contributed by atoms with van der Waals surface area (Å²) in [5.74, 6) is 1.17. The van der Waals surface area contributed by atoms with Crippen LogP contribution in [0.1, 0.15) is 94.1 Å². The third-order valence-electron chi connectivity index (χ3n) is 12.7. The van der Waals surface area contributed by atoms with Crippen LogP contribution in [0.25, 0.3) is 0 Å². The van der Waals surface area contributed by atoms with Gasteiger partial charge in [0.2, 0.25) is 10.0 Å². The number of carbonyl (C=O) groups excluding carboxylic acids is 1. The number of halogens is 1. The molecule has 0 aromatic heterocycles. The van der Waals surface area contributed by atoms with E-state index in [-0.39, 0.29) is 16.9 Å². The van der Waals surface area contributed by atoms with E-state index in [1.54, 1.807) is 13.0 Å². The average molecular weight is 713 g/mol. The monoisotopic (exact) mass is 712 g/mol. The third kappa shape index (κ3) is 7.80. The molecule has 3 aliphatic heterocycles. The number of rotatable bonds is 3. The lowest BCUT2D eigenvalue weighted by molar-refractivity contribution is -0.0586. The number of nitrogens with one attached hydrogen (secondary N) is 1. The molecule has 1 saturated heterocycles. The second kappa shape index (κ2) is 14.4. The first kappa shape index (κ1) is 36.5. The minimum absolute atomic E-state index is 0.0678. The quantitative estimate of drug-likeness (QED) is 0.367. The third-order valence-corrected chi connectivity index (χ3v) is 14.9. The fraction of sp³-hybridized carbons (Fsp3) is 0.667. The van der Waals surface area contributed by atoms with Crippen molar-refractivity contribution >= 4 is 33.2 Å². The SMILES string of the molecule is C[C@@H]1[C@@H](C)CCC[C@H](CN2CC(C)(N(C)C)C2)[C@@H]2CCC2(C)CN2CCCCc3cc(Cl)ccc3COc3ccc(cc32)C(=O)NS1(=O)=O. The zero-order chi connectivity index (χ0) is 35.1. The highest BCUT2D eigenvalue weighted by molar-refractivity contribution is 7.90. The number of anilines is 1. The summed E-state index contributed by atoms with van der Waals surface area (Å²) < 4.78 is 36.0. The van der Waals surface area contributed by atoms with Crippen molar-refractivity contribution < 1.29 is 17.9 Å². The summed E-state index contributed by atoms with van der Waals surface area (Å²) in [6.07, 6.45) is 8.20. The number of hydrogen-bond acceptors (Lipinski definition) is 7. The Morgan fingerprint density at radius 1 is 0.980 bits per heavy atom. The van der Waals surface area contributed by atoms with Crippen LogP contribution in [0.5, 0.6) is 5.75 Å². The molecule has 2 aromatic carbocycles. The van der Waals surface area contributed by atoms with E-state index >= 15 is 0 Å². The number of amides is 1. The van der Waals surface area contributed by atoms with Crippen LogP contribution in [0.2, 0.25) is 5.02 Å². The number of likely N-dealkylation sites (tertiary alicyclic amines) is 1. The summed E-state index contributed by atoms with van der Waals surface area (Å²) in [7, 11) is 0.495. The summed E-state index contributed by atoms with van der Waals surface area (Å²) in [6.45, 7) is 13.9. The predicted octanol–water partition coefficient (Wildman–Crippen LogP) is 7.00. The van der Waals surface area contributed by atoms with E-state index in [9.17, 15) is 13.2 Å². The lowest BCUT2D eigenvalue weighted by atomic mass is 9.55. The van der Waals surface area contributed by atoms with Gasteiger partial charge in [-0.3, -0.25) is 9.69 Å². The van der Waals surface area contributed by atoms with Crippen LogP contribution in [0.3, 0.4) is 0 Å². The Hall–Kier alpha value is -2.33. The van der Waals surface area contributed by atoms with Crippen molar-refractivity contribution in [2.24, 2.45) is 23.2 Å². The minimum Gasteiger partial charge on any atom is -0.487 e. The number of benzene rings is 2. The van der Waals surface area contributed by atoms with E-state index in [1.165, 1.54) is 18.4 Å². The molecule has 1 aliphatic carbocycles. The molecule has 1 saturated carbocycles. The first-order valence-electron chi connectivity index (χ1n) is 18.4. The van der Waals surface area contributed by atoms with Gasteiger partial charge in [-0.05, 0) is 138 Å². The largest absolute Gasteiger partial charge is 0.487 e. The molecule has 49 heavy (non-hydrogen) atoms. The molecule has 2 fully saturated rings. The van der Waals surface area contributed by atoms with E-state index in [0.717, 1.165) is 87.5 Å². The maximum absolute atomic E-state index is 13.6. The number of likely N-dealkylation sites (N-methyl/N-ethyl adjacent to an activating group) is 1. The summed E-state index contributed by atoms with van der Waals surface area (Å²) >= 11 is 6.40. The summed E-state index contributed by atoms with van der Waals surface area (Å²) in [4.78, 5) is 21.0. The molecule has 3 heterocycles. The van der Waals surface area contributed by atoms with Gasteiger partial charge in [-0.1, -0.05) is 37.9 Å². The van der Waals surface area contributed by atoms with Crippen molar-refractivity contribution in [1.29, 1.82) is 0 Å². The number of aryl methyl sites for hydroxylation is 1. The lowest BCUT2D eigenvalue weighted by Crippen LogP contribution is -2.67. The zero-order valence-corrected chi connectivity index (χ0v) is 32.0. The van der Waals surface area contributed by atoms with Crippen molar-refractivity contribution in [2.75, 3.05) is 51.7 Å². The van der Waals surface area contributed by atoms with Crippen molar-refractivity contribution in [3.63, 3.8) is 0 Å². The second-order valence-electron chi connectivity index (χ2n) is 16.5. The van der Waals surface area contributed by atoms with Gasteiger partial charge in [-0.15, -0.1) is 0 Å². The van der Waals surface area contributed by atoms with Crippen LogP contribution < -0.4 is 14.4 Å². The Morgan fingerprint density at radius 2 is 1.76 bits per heavy atom. The molecule has 6 rings (SSSR count). The van der Waals surface area contributed by atoms with Gasteiger partial charge in [0.05, 0.1) is 10.9 Å². The smallest absolute Gasteiger partial charge is 0.264 e. The van der Waals surface area contributed by atoms with Gasteiger partial charge >= 0.3 is 0 Å². The second-order valence-corrected chi connectivity index (χ2v) is 18.9. The van der Waals surface area contributed by atoms with E-state index in [1.807, 2.05) is 31.2 Å². The molecule has 0 radical (unpaired) electrons. The van der Waals surface area contributed by atoms with Crippen molar-refractivity contribution in [2.45, 2.75) is 96.5 Å². The van der Waals surface area contributed by atoms with Gasteiger partial charge in [0.15, 0.2) is 0 Å². The van der Waals surface area contributed by atoms with Crippen LogP contribution in [0, 0.1) is 23.2 Å². The van der Waals surface area contributed by atoms with E-state index in [4.69, 9.17) is 16.3 Å². The molecule has 5 atom stereocenters. The summed E-state index contributed by atoms with van der Waals surface area (Å²) in [5, 5.41) is 0.0544. The zero-order valence-electron chi connectivity index (χ0n) is 30.4. The molecule has 1 amide bonds. The fourth-order valence-corrected chi connectivity index (χ4v) is 10.4. The van der Waals surface area contributed by atoms with Gasteiger partial charge in [0, 0.05) is 48.8 Å². The molecule has 2 aromatic rings. The van der Waals surface area contributed by atoms with Crippen molar-refractivity contribution in [3.8, 4) is 5.75 Å². The van der Waals surface area contributed by atoms with Gasteiger partial charge in [0.25, 0.3) is 5.91 Å². The molecule has 8 nitrogen and oxygen atoms in total. The Labute approximate surface area is 299 Å². The molecule has 2 bridgehead atoms. The van der Waals surface area contributed by atoms with Gasteiger partial charge in [-0.25, -0.2) is 13.1 Å². The molecular formula is C39H57ClN4O4S. The van der Waals surface area contributed by atoms with Gasteiger partial charge < -0.3 is 14.5 Å². The molecule has 270 valence electrons. The molecule has 0 spiro atoms. The Balaban J connectivity index is 1.36. The average Bonchev–Trinajstić information content (AvgIpc) is 3.05. The summed E-state index contributed by atoms with van der Waals surface area (Å²) in [6, 6.07) is 11.4. The maximum atomic E-state index is 13.6. The highest BCUT2D eigenvalue weighted by Gasteiger charge is 2.49. The molecule has 1 N–H and O–H groups in total. The number of nitrogens with zero attached hydrogens (tertiary/aromatic N) is 3. The molecule has 4 aliphatic rings. The number of hydrogen-bond donors (Lipinski definition) is 1. The van der Waals surface area contributed by atoms with Crippen LogP contribution in [-0.2, 0) is 23.1 Å². The van der Waals surface area contributed by atoms with Crippen LogP contribution in [0.4, 0.5) is 5.69 Å². The number of fused-ring (bicyclic) bond motifs is 3. The lowest BCUT2D eigenvalue weighted by Gasteiger charge is -2.57. The Bertz CT molecular complexity index is 1630. The van der Waals surface area contributed by atoms with Crippen LogP contribution >= 0.6 is 11.6 Å². The van der Waals surface area contributed by atoms with Crippen molar-refractivity contribution in [1.82, 2.24) is 14.5 Å². The molecular weight excluding hydrogens is 656 g/mol. The Morgan fingerprint density at radius 3 is 2.47 bits per heavy atom. The van der Waals surface area contributed by atoms with Gasteiger partial charge in [0.1, 0.15) is 12.4 Å². The summed E-state index contributed by atoms with van der Waals surface area (Å²) in [5.41, 5.74) is 3.86. The van der Waals surface area contributed by atoms with Crippen molar-refractivity contribution in [3.05, 3.63) is 58.1 Å². The molecule has 10 heteroatoms. The fourth-order valence-electron chi connectivity index (χ4n) is 8.90. The molecule has 1 unspecified atom stereocenters. The highest BCUT2D eigenvalue weighted by atomic mass is 35.5. The number of ether oxygens (including phenoxy) is 1. The standard InChI is InChI=1S/C39H57ClN4O4S/c1-27-10-9-12-31(22-43-25-39(4,26-43)42(5)6)34-17-18-38(34,3)24-44-19-8-7-11-29-20-33(40)15-13-32(29)23-48-36-16-14-30(21-35(36)44)37(45)41-49(46,47)28(27)2/h13-16,20-21,27-28,31,34H,7-12,17-19,22-26H2,1-6H3,(H,41,45)/t27-,28+,31+,34-,38?/m0/s1. The number of sulfonamides is 1. The van der Waals surface area contributed by atoms with E-state index < -0.39 is 21.2 Å².